The number of rotatable bonds is 4. The Morgan fingerprint density at radius 2 is 2.03 bits per heavy atom. The fourth-order valence-corrected chi connectivity index (χ4v) is 5.31. The van der Waals surface area contributed by atoms with Gasteiger partial charge in [-0.1, -0.05) is 24.3 Å². The van der Waals surface area contributed by atoms with Crippen molar-refractivity contribution in [3.05, 3.63) is 59.3 Å². The molecule has 4 aromatic rings. The SMILES string of the molecule is Cc1cccc2c(-c3nc(C(=O)N4CC[C@H](N(C)C)C4)c(-c4ccc(F)c(F)c4)s3)[nH]nc12. The number of nitrogens with one attached hydrogen (secondary N) is 1. The number of benzene rings is 2. The van der Waals surface area contributed by atoms with Gasteiger partial charge in [0, 0.05) is 24.5 Å². The molecular weight excluding hydrogens is 444 g/mol. The molecule has 0 aliphatic carbocycles. The van der Waals surface area contributed by atoms with Crippen LogP contribution >= 0.6 is 11.3 Å². The van der Waals surface area contributed by atoms with Gasteiger partial charge in [0.15, 0.2) is 11.6 Å². The third kappa shape index (κ3) is 3.81. The Kier molecular flexibility index (Phi) is 5.46. The molecule has 9 heteroatoms. The van der Waals surface area contributed by atoms with E-state index in [-0.39, 0.29) is 17.6 Å². The molecule has 0 radical (unpaired) electrons. The number of carbonyl (C=O) groups is 1. The van der Waals surface area contributed by atoms with Gasteiger partial charge in [-0.05, 0) is 50.7 Å². The lowest BCUT2D eigenvalue weighted by atomic mass is 10.1. The monoisotopic (exact) mass is 467 g/mol. The molecular formula is C24H23F2N5OS. The summed E-state index contributed by atoms with van der Waals surface area (Å²) in [5, 5.41) is 8.94. The summed E-state index contributed by atoms with van der Waals surface area (Å²) in [7, 11) is 4.00. The van der Waals surface area contributed by atoms with E-state index in [4.69, 9.17) is 4.98 Å². The van der Waals surface area contributed by atoms with Crippen molar-refractivity contribution in [2.75, 3.05) is 27.2 Å². The quantitative estimate of drug-likeness (QED) is 0.472. The molecule has 0 spiro atoms. The number of amides is 1. The average Bonchev–Trinajstić information content (AvgIpc) is 3.53. The number of likely N-dealkylation sites (N-methyl/N-ethyl adjacent to an activating group) is 1. The molecule has 1 fully saturated rings. The van der Waals surface area contributed by atoms with Crippen LogP contribution in [0.5, 0.6) is 0 Å². The Labute approximate surface area is 193 Å². The highest BCUT2D eigenvalue weighted by Gasteiger charge is 2.32. The number of nitrogens with zero attached hydrogens (tertiary/aromatic N) is 4. The summed E-state index contributed by atoms with van der Waals surface area (Å²) in [6, 6.07) is 9.82. The Bertz CT molecular complexity index is 1360. The zero-order chi connectivity index (χ0) is 23.3. The summed E-state index contributed by atoms with van der Waals surface area (Å²) >= 11 is 1.27. The molecule has 3 heterocycles. The van der Waals surface area contributed by atoms with E-state index >= 15 is 0 Å². The maximum Gasteiger partial charge on any atom is 0.274 e. The lowest BCUT2D eigenvalue weighted by Crippen LogP contribution is -2.34. The molecule has 1 saturated heterocycles. The van der Waals surface area contributed by atoms with Crippen molar-refractivity contribution in [1.82, 2.24) is 25.0 Å². The third-order valence-corrected chi connectivity index (χ3v) is 7.31. The summed E-state index contributed by atoms with van der Waals surface area (Å²) in [4.78, 5) is 22.6. The molecule has 33 heavy (non-hydrogen) atoms. The lowest BCUT2D eigenvalue weighted by molar-refractivity contribution is 0.0779. The van der Waals surface area contributed by atoms with Crippen LogP contribution in [0.15, 0.2) is 36.4 Å². The highest BCUT2D eigenvalue weighted by atomic mass is 32.1. The highest BCUT2D eigenvalue weighted by Crippen LogP contribution is 2.39. The average molecular weight is 468 g/mol. The maximum absolute atomic E-state index is 14.1. The van der Waals surface area contributed by atoms with E-state index in [9.17, 15) is 13.6 Å². The van der Waals surface area contributed by atoms with Gasteiger partial charge < -0.3 is 9.80 Å². The first-order valence-corrected chi connectivity index (χ1v) is 11.5. The van der Waals surface area contributed by atoms with Crippen LogP contribution in [0.1, 0.15) is 22.5 Å². The van der Waals surface area contributed by atoms with Crippen molar-refractivity contribution in [2.24, 2.45) is 0 Å². The molecule has 0 unspecified atom stereocenters. The van der Waals surface area contributed by atoms with Crippen LogP contribution < -0.4 is 0 Å². The van der Waals surface area contributed by atoms with E-state index < -0.39 is 11.6 Å². The van der Waals surface area contributed by atoms with E-state index in [2.05, 4.69) is 15.1 Å². The summed E-state index contributed by atoms with van der Waals surface area (Å²) in [6.45, 7) is 3.20. The predicted octanol–water partition coefficient (Wildman–Crippen LogP) is 4.72. The summed E-state index contributed by atoms with van der Waals surface area (Å²) in [6.07, 6.45) is 0.876. The summed E-state index contributed by atoms with van der Waals surface area (Å²) in [5.74, 6) is -2.10. The van der Waals surface area contributed by atoms with Crippen molar-refractivity contribution in [1.29, 1.82) is 0 Å². The second-order valence-corrected chi connectivity index (χ2v) is 9.55. The molecule has 1 aliphatic heterocycles. The second-order valence-electron chi connectivity index (χ2n) is 8.55. The fourth-order valence-electron chi connectivity index (χ4n) is 4.25. The largest absolute Gasteiger partial charge is 0.336 e. The van der Waals surface area contributed by atoms with Gasteiger partial charge in [0.2, 0.25) is 0 Å². The minimum absolute atomic E-state index is 0.207. The van der Waals surface area contributed by atoms with Crippen LogP contribution in [0.2, 0.25) is 0 Å². The van der Waals surface area contributed by atoms with E-state index in [0.717, 1.165) is 35.0 Å². The summed E-state index contributed by atoms with van der Waals surface area (Å²) in [5.41, 5.74) is 3.23. The zero-order valence-electron chi connectivity index (χ0n) is 18.5. The van der Waals surface area contributed by atoms with Crippen LogP contribution in [0.4, 0.5) is 8.78 Å². The first-order valence-electron chi connectivity index (χ1n) is 10.7. The standard InChI is InChI=1S/C24H23F2N5OS/c1-13-5-4-6-16-19(13)28-29-20(16)23-27-21(24(32)31-10-9-15(12-31)30(2)3)22(33-23)14-7-8-17(25)18(26)11-14/h4-8,11,15H,9-10,12H2,1-3H3,(H,28,29)/t15-/m0/s1. The molecule has 0 bridgehead atoms. The van der Waals surface area contributed by atoms with E-state index in [1.165, 1.54) is 17.4 Å². The van der Waals surface area contributed by atoms with E-state index in [1.54, 1.807) is 4.90 Å². The normalized spacial score (nSPS) is 16.3. The van der Waals surface area contributed by atoms with Gasteiger partial charge in [0.1, 0.15) is 16.4 Å². The number of halogens is 2. The van der Waals surface area contributed by atoms with Gasteiger partial charge in [-0.2, -0.15) is 5.10 Å². The Morgan fingerprint density at radius 3 is 2.76 bits per heavy atom. The van der Waals surface area contributed by atoms with Gasteiger partial charge in [-0.3, -0.25) is 9.89 Å². The van der Waals surface area contributed by atoms with Gasteiger partial charge >= 0.3 is 0 Å². The second kappa shape index (κ2) is 8.31. The molecule has 5 rings (SSSR count). The molecule has 1 amide bonds. The number of carbonyl (C=O) groups excluding carboxylic acids is 1. The van der Waals surface area contributed by atoms with Crippen LogP contribution in [0.3, 0.4) is 0 Å². The Hall–Kier alpha value is -3.17. The van der Waals surface area contributed by atoms with Gasteiger partial charge in [0.25, 0.3) is 5.91 Å². The molecule has 0 saturated carbocycles. The molecule has 1 N–H and O–H groups in total. The number of fused-ring (bicyclic) bond motifs is 1. The minimum Gasteiger partial charge on any atom is -0.336 e. The van der Waals surface area contributed by atoms with Crippen LogP contribution in [0.25, 0.3) is 32.0 Å². The smallest absolute Gasteiger partial charge is 0.274 e. The Morgan fingerprint density at radius 1 is 1.21 bits per heavy atom. The minimum atomic E-state index is -0.961. The van der Waals surface area contributed by atoms with Crippen LogP contribution in [0, 0.1) is 18.6 Å². The predicted molar refractivity (Wildman–Crippen MR) is 125 cm³/mol. The number of aryl methyl sites for hydroxylation is 1. The van der Waals surface area contributed by atoms with Crippen LogP contribution in [-0.2, 0) is 0 Å². The number of para-hydroxylation sites is 1. The number of hydrogen-bond acceptors (Lipinski definition) is 5. The zero-order valence-corrected chi connectivity index (χ0v) is 19.3. The first-order chi connectivity index (χ1) is 15.8. The van der Waals surface area contributed by atoms with E-state index in [0.29, 0.717) is 34.2 Å². The summed E-state index contributed by atoms with van der Waals surface area (Å²) < 4.78 is 27.7. The van der Waals surface area contributed by atoms with Crippen molar-refractivity contribution in [2.45, 2.75) is 19.4 Å². The van der Waals surface area contributed by atoms with Gasteiger partial charge in [0.05, 0.1) is 10.4 Å². The van der Waals surface area contributed by atoms with Crippen molar-refractivity contribution in [3.63, 3.8) is 0 Å². The highest BCUT2D eigenvalue weighted by molar-refractivity contribution is 7.18. The molecule has 170 valence electrons. The molecule has 1 aliphatic rings. The number of aromatic nitrogens is 3. The Balaban J connectivity index is 1.62. The topological polar surface area (TPSA) is 65.1 Å². The molecule has 2 aromatic heterocycles. The number of likely N-dealkylation sites (tertiary alicyclic amines) is 1. The van der Waals surface area contributed by atoms with Gasteiger partial charge in [-0.25, -0.2) is 13.8 Å². The fraction of sp³-hybridized carbons (Fsp3) is 0.292. The van der Waals surface area contributed by atoms with Gasteiger partial charge in [-0.15, -0.1) is 11.3 Å². The first kappa shape index (κ1) is 21.7. The number of aromatic amines is 1. The molecule has 1 atom stereocenters. The van der Waals surface area contributed by atoms with Crippen molar-refractivity contribution < 1.29 is 13.6 Å². The molecule has 2 aromatic carbocycles. The maximum atomic E-state index is 14.1. The number of H-pyrrole nitrogens is 1. The third-order valence-electron chi connectivity index (χ3n) is 6.19. The lowest BCUT2D eigenvalue weighted by Gasteiger charge is -2.20. The van der Waals surface area contributed by atoms with Crippen LogP contribution in [-0.4, -0.2) is 64.1 Å². The number of hydrogen-bond donors (Lipinski definition) is 1. The van der Waals surface area contributed by atoms with Crippen molar-refractivity contribution in [3.8, 4) is 21.1 Å². The van der Waals surface area contributed by atoms with E-state index in [1.807, 2.05) is 39.2 Å². The van der Waals surface area contributed by atoms with Crippen molar-refractivity contribution >= 4 is 28.1 Å². The number of thiazole rings is 1. The molecule has 6 nitrogen and oxygen atoms in total.